The highest BCUT2D eigenvalue weighted by Crippen LogP contribution is 2.18. The molecule has 2 atom stereocenters. The molecule has 1 fully saturated rings. The number of hydrazine groups is 1. The summed E-state index contributed by atoms with van der Waals surface area (Å²) in [5.41, 5.74) is 7.35. The fourth-order valence-corrected chi connectivity index (χ4v) is 2.80. The van der Waals surface area contributed by atoms with E-state index in [1.807, 2.05) is 31.2 Å². The summed E-state index contributed by atoms with van der Waals surface area (Å²) >= 11 is 0. The fraction of sp³-hybridized carbons (Fsp3) is 0.500. The van der Waals surface area contributed by atoms with E-state index in [1.165, 1.54) is 4.90 Å². The average Bonchev–Trinajstić information content (AvgIpc) is 3.11. The van der Waals surface area contributed by atoms with Crippen LogP contribution in [0.3, 0.4) is 0 Å². The van der Waals surface area contributed by atoms with Gasteiger partial charge in [0.15, 0.2) is 0 Å². The lowest BCUT2D eigenvalue weighted by Crippen LogP contribution is -2.53. The van der Waals surface area contributed by atoms with Crippen LogP contribution < -0.4 is 16.2 Å². The number of esters is 1. The number of hydrogen-bond acceptors (Lipinski definition) is 5. The molecule has 0 saturated carbocycles. The zero-order chi connectivity index (χ0) is 19.1. The van der Waals surface area contributed by atoms with E-state index in [9.17, 15) is 14.4 Å². The number of aryl methyl sites for hydroxylation is 1. The van der Waals surface area contributed by atoms with E-state index in [0.717, 1.165) is 17.7 Å². The first-order valence-electron chi connectivity index (χ1n) is 8.79. The average molecular weight is 362 g/mol. The molecule has 1 aliphatic heterocycles. The number of rotatable bonds is 6. The number of benzene rings is 1. The third-order valence-corrected chi connectivity index (χ3v) is 4.26. The fourth-order valence-electron chi connectivity index (χ4n) is 2.80. The Labute approximate surface area is 153 Å². The first kappa shape index (κ1) is 19.6. The largest absolute Gasteiger partial charge is 0.464 e. The van der Waals surface area contributed by atoms with Crippen LogP contribution in [0.25, 0.3) is 0 Å². The van der Waals surface area contributed by atoms with E-state index >= 15 is 0 Å². The number of para-hydroxylation sites is 1. The maximum atomic E-state index is 12.5. The molecule has 26 heavy (non-hydrogen) atoms. The number of ether oxygens (including phenoxy) is 1. The standard InChI is InChI=1S/C18H26N4O4/c1-4-26-17(24)13(3)19-18(25)22-11-7-10-15(22)16(23)21-20-14-9-6-5-8-12(14)2/h5-6,8-9,13,15,20H,4,7,10-11H2,1-3H3,(H,19,25)(H,21,23)/t13-,15?/m0/s1. The minimum atomic E-state index is -0.767. The van der Waals surface area contributed by atoms with Gasteiger partial charge in [0.2, 0.25) is 0 Å². The number of nitrogens with one attached hydrogen (secondary N) is 3. The SMILES string of the molecule is CCOC(=O)[C@H](C)NC(=O)N1CCCC1C(=O)NNc1ccccc1C. The van der Waals surface area contributed by atoms with Crippen molar-refractivity contribution >= 4 is 23.6 Å². The van der Waals surface area contributed by atoms with Crippen molar-refractivity contribution < 1.29 is 19.1 Å². The number of amides is 3. The van der Waals surface area contributed by atoms with Gasteiger partial charge in [0.1, 0.15) is 12.1 Å². The first-order valence-corrected chi connectivity index (χ1v) is 8.79. The van der Waals surface area contributed by atoms with Crippen molar-refractivity contribution in [2.45, 2.75) is 45.7 Å². The maximum Gasteiger partial charge on any atom is 0.328 e. The number of anilines is 1. The second-order valence-corrected chi connectivity index (χ2v) is 6.20. The molecule has 1 aromatic carbocycles. The molecular weight excluding hydrogens is 336 g/mol. The van der Waals surface area contributed by atoms with Gasteiger partial charge in [-0.2, -0.15) is 0 Å². The monoisotopic (exact) mass is 362 g/mol. The summed E-state index contributed by atoms with van der Waals surface area (Å²) < 4.78 is 4.88. The molecule has 0 bridgehead atoms. The Morgan fingerprint density at radius 1 is 1.31 bits per heavy atom. The molecule has 1 unspecified atom stereocenters. The molecule has 8 nitrogen and oxygen atoms in total. The van der Waals surface area contributed by atoms with Crippen LogP contribution >= 0.6 is 0 Å². The molecular formula is C18H26N4O4. The number of carbonyl (C=O) groups excluding carboxylic acids is 3. The van der Waals surface area contributed by atoms with Crippen LogP contribution in [0.2, 0.25) is 0 Å². The zero-order valence-corrected chi connectivity index (χ0v) is 15.4. The second kappa shape index (κ2) is 9.07. The second-order valence-electron chi connectivity index (χ2n) is 6.20. The van der Waals surface area contributed by atoms with Crippen molar-refractivity contribution in [2.24, 2.45) is 0 Å². The molecule has 1 saturated heterocycles. The van der Waals surface area contributed by atoms with Crippen molar-refractivity contribution in [1.82, 2.24) is 15.6 Å². The van der Waals surface area contributed by atoms with E-state index in [2.05, 4.69) is 16.2 Å². The van der Waals surface area contributed by atoms with Crippen LogP contribution in [-0.2, 0) is 14.3 Å². The number of nitrogens with zero attached hydrogens (tertiary/aromatic N) is 1. The highest BCUT2D eigenvalue weighted by molar-refractivity contribution is 5.90. The molecule has 3 N–H and O–H groups in total. The van der Waals surface area contributed by atoms with Crippen molar-refractivity contribution in [3.8, 4) is 0 Å². The van der Waals surface area contributed by atoms with E-state index in [-0.39, 0.29) is 12.5 Å². The molecule has 142 valence electrons. The van der Waals surface area contributed by atoms with Gasteiger partial charge < -0.3 is 15.0 Å². The highest BCUT2D eigenvalue weighted by Gasteiger charge is 2.35. The van der Waals surface area contributed by atoms with E-state index in [4.69, 9.17) is 4.74 Å². The Morgan fingerprint density at radius 2 is 2.04 bits per heavy atom. The summed E-state index contributed by atoms with van der Waals surface area (Å²) in [4.78, 5) is 38.0. The summed E-state index contributed by atoms with van der Waals surface area (Å²) in [5, 5.41) is 2.59. The molecule has 0 aliphatic carbocycles. The number of likely N-dealkylation sites (tertiary alicyclic amines) is 1. The van der Waals surface area contributed by atoms with Crippen LogP contribution in [0.5, 0.6) is 0 Å². The van der Waals surface area contributed by atoms with E-state index in [1.54, 1.807) is 13.8 Å². The number of urea groups is 1. The van der Waals surface area contributed by atoms with Gasteiger partial charge in [-0.05, 0) is 45.2 Å². The molecule has 0 radical (unpaired) electrons. The van der Waals surface area contributed by atoms with Crippen molar-refractivity contribution in [3.05, 3.63) is 29.8 Å². The van der Waals surface area contributed by atoms with Gasteiger partial charge in [-0.3, -0.25) is 15.6 Å². The van der Waals surface area contributed by atoms with E-state index in [0.29, 0.717) is 13.0 Å². The lowest BCUT2D eigenvalue weighted by atomic mass is 10.2. The smallest absolute Gasteiger partial charge is 0.328 e. The predicted octanol–water partition coefficient (Wildman–Crippen LogP) is 1.56. The Morgan fingerprint density at radius 3 is 2.73 bits per heavy atom. The Bertz CT molecular complexity index is 664. The number of hydrogen-bond donors (Lipinski definition) is 3. The normalized spacial score (nSPS) is 17.3. The molecule has 1 aliphatic rings. The minimum absolute atomic E-state index is 0.248. The summed E-state index contributed by atoms with van der Waals surface area (Å²) in [6.45, 7) is 5.90. The predicted molar refractivity (Wildman–Crippen MR) is 97.3 cm³/mol. The van der Waals surface area contributed by atoms with E-state index < -0.39 is 24.1 Å². The summed E-state index contributed by atoms with van der Waals surface area (Å²) in [6, 6.07) is 5.77. The van der Waals surface area contributed by atoms with Crippen LogP contribution in [0.4, 0.5) is 10.5 Å². The Balaban J connectivity index is 1.91. The molecule has 3 amide bonds. The lowest BCUT2D eigenvalue weighted by molar-refractivity contribution is -0.144. The third-order valence-electron chi connectivity index (χ3n) is 4.26. The van der Waals surface area contributed by atoms with Gasteiger partial charge in [0, 0.05) is 6.54 Å². The molecule has 2 rings (SSSR count). The van der Waals surface area contributed by atoms with Crippen LogP contribution in [-0.4, -0.2) is 48.0 Å². The van der Waals surface area contributed by atoms with Gasteiger partial charge in [-0.1, -0.05) is 18.2 Å². The maximum absolute atomic E-state index is 12.5. The van der Waals surface area contributed by atoms with Crippen LogP contribution in [0.15, 0.2) is 24.3 Å². The van der Waals surface area contributed by atoms with Crippen LogP contribution in [0.1, 0.15) is 32.3 Å². The Hall–Kier alpha value is -2.77. The van der Waals surface area contributed by atoms with Crippen molar-refractivity contribution in [1.29, 1.82) is 0 Å². The molecule has 1 heterocycles. The molecule has 8 heteroatoms. The highest BCUT2D eigenvalue weighted by atomic mass is 16.5. The third kappa shape index (κ3) is 4.87. The summed E-state index contributed by atoms with van der Waals surface area (Å²) in [6.07, 6.45) is 1.30. The van der Waals surface area contributed by atoms with Crippen LogP contribution in [0, 0.1) is 6.92 Å². The zero-order valence-electron chi connectivity index (χ0n) is 15.4. The summed E-state index contributed by atoms with van der Waals surface area (Å²) in [7, 11) is 0. The Kier molecular flexibility index (Phi) is 6.82. The lowest BCUT2D eigenvalue weighted by Gasteiger charge is -2.26. The topological polar surface area (TPSA) is 99.8 Å². The van der Waals surface area contributed by atoms with Gasteiger partial charge in [-0.15, -0.1) is 0 Å². The van der Waals surface area contributed by atoms with Gasteiger partial charge in [0.05, 0.1) is 12.3 Å². The quantitative estimate of drug-likeness (QED) is 0.527. The molecule has 1 aromatic rings. The minimum Gasteiger partial charge on any atom is -0.464 e. The van der Waals surface area contributed by atoms with Crippen molar-refractivity contribution in [3.63, 3.8) is 0 Å². The first-order chi connectivity index (χ1) is 12.4. The van der Waals surface area contributed by atoms with Gasteiger partial charge in [-0.25, -0.2) is 9.59 Å². The molecule has 0 aromatic heterocycles. The van der Waals surface area contributed by atoms with Gasteiger partial charge >= 0.3 is 12.0 Å². The van der Waals surface area contributed by atoms with Gasteiger partial charge in [0.25, 0.3) is 5.91 Å². The summed E-state index contributed by atoms with van der Waals surface area (Å²) in [5.74, 6) is -0.785. The van der Waals surface area contributed by atoms with Crippen molar-refractivity contribution in [2.75, 3.05) is 18.6 Å². The number of carbonyl (C=O) groups is 3. The molecule has 0 spiro atoms.